The lowest BCUT2D eigenvalue weighted by atomic mass is 10.1. The topological polar surface area (TPSA) is 79.9 Å². The molecule has 0 bridgehead atoms. The van der Waals surface area contributed by atoms with E-state index in [9.17, 15) is 4.79 Å². The molecule has 0 saturated carbocycles. The first kappa shape index (κ1) is 15.8. The molecule has 0 atom stereocenters. The standard InChI is InChI=1S/C20H16N4O2/c25-19(10-14-12-23-18-7-2-1-6-17(14)18)24-15-4-3-5-16(11-15)26-20-13-21-8-9-22-20/h1-9,11-13,23H,10H2,(H,24,25). The summed E-state index contributed by atoms with van der Waals surface area (Å²) in [6, 6.07) is 15.1. The van der Waals surface area contributed by atoms with Crippen LogP contribution >= 0.6 is 0 Å². The van der Waals surface area contributed by atoms with Gasteiger partial charge in [0.25, 0.3) is 0 Å². The van der Waals surface area contributed by atoms with Crippen LogP contribution in [0.3, 0.4) is 0 Å². The summed E-state index contributed by atoms with van der Waals surface area (Å²) in [5, 5.41) is 3.96. The molecule has 0 fully saturated rings. The molecular formula is C20H16N4O2. The van der Waals surface area contributed by atoms with Gasteiger partial charge in [-0.3, -0.25) is 9.78 Å². The molecule has 2 aromatic heterocycles. The van der Waals surface area contributed by atoms with Gasteiger partial charge in [0.1, 0.15) is 5.75 Å². The van der Waals surface area contributed by atoms with Gasteiger partial charge >= 0.3 is 0 Å². The van der Waals surface area contributed by atoms with E-state index in [2.05, 4.69) is 20.3 Å². The van der Waals surface area contributed by atoms with Crippen LogP contribution in [0, 0.1) is 0 Å². The van der Waals surface area contributed by atoms with Crippen LogP contribution in [0.2, 0.25) is 0 Å². The summed E-state index contributed by atoms with van der Waals surface area (Å²) in [5.41, 5.74) is 2.65. The summed E-state index contributed by atoms with van der Waals surface area (Å²) in [6.45, 7) is 0. The molecule has 4 aromatic rings. The Hall–Kier alpha value is -3.67. The first-order chi connectivity index (χ1) is 12.8. The van der Waals surface area contributed by atoms with Crippen molar-refractivity contribution in [2.75, 3.05) is 5.32 Å². The molecule has 6 heteroatoms. The molecule has 0 radical (unpaired) electrons. The van der Waals surface area contributed by atoms with Gasteiger partial charge in [-0.15, -0.1) is 0 Å². The van der Waals surface area contributed by atoms with E-state index in [1.165, 1.54) is 6.20 Å². The lowest BCUT2D eigenvalue weighted by molar-refractivity contribution is -0.115. The first-order valence-electron chi connectivity index (χ1n) is 8.17. The summed E-state index contributed by atoms with van der Waals surface area (Å²) in [5.74, 6) is 0.886. The number of rotatable bonds is 5. The summed E-state index contributed by atoms with van der Waals surface area (Å²) < 4.78 is 5.63. The van der Waals surface area contributed by atoms with Crippen LogP contribution in [0.25, 0.3) is 10.9 Å². The number of para-hydroxylation sites is 1. The zero-order chi connectivity index (χ0) is 17.8. The number of hydrogen-bond donors (Lipinski definition) is 2. The molecule has 4 rings (SSSR count). The van der Waals surface area contributed by atoms with E-state index in [-0.39, 0.29) is 5.91 Å². The Kier molecular flexibility index (Phi) is 4.30. The quantitative estimate of drug-likeness (QED) is 0.575. The van der Waals surface area contributed by atoms with Gasteiger partial charge in [0, 0.05) is 41.2 Å². The van der Waals surface area contributed by atoms with E-state index in [1.54, 1.807) is 24.5 Å². The molecule has 0 unspecified atom stereocenters. The highest BCUT2D eigenvalue weighted by molar-refractivity contribution is 5.95. The fourth-order valence-electron chi connectivity index (χ4n) is 2.75. The molecule has 0 spiro atoms. The van der Waals surface area contributed by atoms with Gasteiger partial charge in [0.15, 0.2) is 0 Å². The number of aromatic nitrogens is 3. The number of anilines is 1. The molecular weight excluding hydrogens is 328 g/mol. The predicted molar refractivity (Wildman–Crippen MR) is 99.2 cm³/mol. The molecule has 0 aliphatic rings. The van der Waals surface area contributed by atoms with Crippen LogP contribution < -0.4 is 10.1 Å². The maximum absolute atomic E-state index is 12.4. The third kappa shape index (κ3) is 3.54. The fraction of sp³-hybridized carbons (Fsp3) is 0.0500. The number of amides is 1. The van der Waals surface area contributed by atoms with Crippen molar-refractivity contribution in [3.63, 3.8) is 0 Å². The van der Waals surface area contributed by atoms with Crippen LogP contribution in [-0.4, -0.2) is 20.9 Å². The molecule has 0 aliphatic heterocycles. The highest BCUT2D eigenvalue weighted by Gasteiger charge is 2.09. The maximum Gasteiger partial charge on any atom is 0.237 e. The normalized spacial score (nSPS) is 10.6. The largest absolute Gasteiger partial charge is 0.437 e. The van der Waals surface area contributed by atoms with Crippen molar-refractivity contribution < 1.29 is 9.53 Å². The van der Waals surface area contributed by atoms with Crippen LogP contribution in [-0.2, 0) is 11.2 Å². The van der Waals surface area contributed by atoms with Crippen molar-refractivity contribution in [1.82, 2.24) is 15.0 Å². The number of nitrogens with zero attached hydrogens (tertiary/aromatic N) is 2. The molecule has 128 valence electrons. The van der Waals surface area contributed by atoms with E-state index in [0.717, 1.165) is 16.5 Å². The predicted octanol–water partition coefficient (Wildman–Crippen LogP) is 3.93. The molecule has 1 amide bonds. The molecule has 0 aliphatic carbocycles. The molecule has 2 heterocycles. The minimum Gasteiger partial charge on any atom is -0.437 e. The molecule has 26 heavy (non-hydrogen) atoms. The number of nitrogens with one attached hydrogen (secondary N) is 2. The van der Waals surface area contributed by atoms with Crippen LogP contribution in [0.5, 0.6) is 11.6 Å². The van der Waals surface area contributed by atoms with E-state index >= 15 is 0 Å². The summed E-state index contributed by atoms with van der Waals surface area (Å²) in [4.78, 5) is 23.6. The fourth-order valence-corrected chi connectivity index (χ4v) is 2.75. The van der Waals surface area contributed by atoms with Crippen molar-refractivity contribution in [3.8, 4) is 11.6 Å². The number of H-pyrrole nitrogens is 1. The molecule has 0 saturated heterocycles. The van der Waals surface area contributed by atoms with E-state index in [1.807, 2.05) is 42.6 Å². The number of fused-ring (bicyclic) bond motifs is 1. The second-order valence-corrected chi connectivity index (χ2v) is 5.76. The van der Waals surface area contributed by atoms with Crippen molar-refractivity contribution in [3.05, 3.63) is 78.9 Å². The van der Waals surface area contributed by atoms with Crippen LogP contribution in [0.1, 0.15) is 5.56 Å². The van der Waals surface area contributed by atoms with Gasteiger partial charge < -0.3 is 15.0 Å². The van der Waals surface area contributed by atoms with Crippen LogP contribution in [0.4, 0.5) is 5.69 Å². The summed E-state index contributed by atoms with van der Waals surface area (Å²) >= 11 is 0. The van der Waals surface area contributed by atoms with Gasteiger partial charge in [-0.25, -0.2) is 4.98 Å². The monoisotopic (exact) mass is 344 g/mol. The highest BCUT2D eigenvalue weighted by Crippen LogP contribution is 2.23. The number of carbonyl (C=O) groups excluding carboxylic acids is 1. The van der Waals surface area contributed by atoms with Crippen molar-refractivity contribution in [2.24, 2.45) is 0 Å². The van der Waals surface area contributed by atoms with Crippen LogP contribution in [0.15, 0.2) is 73.3 Å². The van der Waals surface area contributed by atoms with Gasteiger partial charge in [0.2, 0.25) is 11.8 Å². The lowest BCUT2D eigenvalue weighted by Crippen LogP contribution is -2.14. The van der Waals surface area contributed by atoms with Gasteiger partial charge in [-0.2, -0.15) is 0 Å². The second-order valence-electron chi connectivity index (χ2n) is 5.76. The van der Waals surface area contributed by atoms with E-state index < -0.39 is 0 Å². The van der Waals surface area contributed by atoms with Gasteiger partial charge in [0.05, 0.1) is 12.6 Å². The number of benzene rings is 2. The summed E-state index contributed by atoms with van der Waals surface area (Å²) in [6.07, 6.45) is 6.83. The van der Waals surface area contributed by atoms with Crippen molar-refractivity contribution in [1.29, 1.82) is 0 Å². The van der Waals surface area contributed by atoms with Crippen molar-refractivity contribution >= 4 is 22.5 Å². The Balaban J connectivity index is 1.45. The Labute approximate surface area is 149 Å². The Bertz CT molecular complexity index is 1040. The second kappa shape index (κ2) is 7.06. The minimum atomic E-state index is -0.0913. The third-order valence-corrected chi connectivity index (χ3v) is 3.91. The third-order valence-electron chi connectivity index (χ3n) is 3.91. The van der Waals surface area contributed by atoms with E-state index in [4.69, 9.17) is 4.74 Å². The maximum atomic E-state index is 12.4. The van der Waals surface area contributed by atoms with Gasteiger partial charge in [-0.1, -0.05) is 24.3 Å². The first-order valence-corrected chi connectivity index (χ1v) is 8.17. The van der Waals surface area contributed by atoms with Gasteiger partial charge in [-0.05, 0) is 23.8 Å². The zero-order valence-corrected chi connectivity index (χ0v) is 13.8. The number of carbonyl (C=O) groups is 1. The lowest BCUT2D eigenvalue weighted by Gasteiger charge is -2.08. The number of aromatic amines is 1. The summed E-state index contributed by atoms with van der Waals surface area (Å²) in [7, 11) is 0. The highest BCUT2D eigenvalue weighted by atomic mass is 16.5. The molecule has 6 nitrogen and oxygen atoms in total. The smallest absolute Gasteiger partial charge is 0.237 e. The average Bonchev–Trinajstić information content (AvgIpc) is 3.06. The number of hydrogen-bond acceptors (Lipinski definition) is 4. The minimum absolute atomic E-state index is 0.0913. The molecule has 2 N–H and O–H groups in total. The van der Waals surface area contributed by atoms with Crippen molar-refractivity contribution in [2.45, 2.75) is 6.42 Å². The Morgan fingerprint density at radius 1 is 1.12 bits per heavy atom. The number of ether oxygens (including phenoxy) is 1. The Morgan fingerprint density at radius 3 is 2.92 bits per heavy atom. The van der Waals surface area contributed by atoms with E-state index in [0.29, 0.717) is 23.7 Å². The SMILES string of the molecule is O=C(Cc1c[nH]c2ccccc12)Nc1cccc(Oc2cnccn2)c1. The molecule has 2 aromatic carbocycles. The Morgan fingerprint density at radius 2 is 2.04 bits per heavy atom. The average molecular weight is 344 g/mol. The zero-order valence-electron chi connectivity index (χ0n) is 13.8.